The van der Waals surface area contributed by atoms with Gasteiger partial charge in [-0.3, -0.25) is 4.79 Å². The zero-order valence-electron chi connectivity index (χ0n) is 10.2. The maximum absolute atomic E-state index is 13.6. The third kappa shape index (κ3) is 1.89. The summed E-state index contributed by atoms with van der Waals surface area (Å²) in [6, 6.07) is 5.89. The molecule has 0 aromatic heterocycles. The highest BCUT2D eigenvalue weighted by Gasteiger charge is 2.46. The summed E-state index contributed by atoms with van der Waals surface area (Å²) in [7, 11) is 0. The van der Waals surface area contributed by atoms with Crippen LogP contribution in [0.25, 0.3) is 0 Å². The molecule has 2 nitrogen and oxygen atoms in total. The van der Waals surface area contributed by atoms with Gasteiger partial charge in [0, 0.05) is 12.0 Å². The predicted octanol–water partition coefficient (Wildman–Crippen LogP) is 3.69. The van der Waals surface area contributed by atoms with E-state index in [4.69, 9.17) is 0 Å². The zero-order chi connectivity index (χ0) is 13.4. The van der Waals surface area contributed by atoms with E-state index in [-0.39, 0.29) is 12.0 Å². The second-order valence-electron chi connectivity index (χ2n) is 4.88. The summed E-state index contributed by atoms with van der Waals surface area (Å²) in [5, 5.41) is 9.30. The van der Waals surface area contributed by atoms with Gasteiger partial charge in [-0.2, -0.15) is 0 Å². The number of hydrogen-bond acceptors (Lipinski definition) is 1. The number of carbonyl (C=O) groups is 1. The van der Waals surface area contributed by atoms with Gasteiger partial charge in [-0.1, -0.05) is 31.5 Å². The van der Waals surface area contributed by atoms with Gasteiger partial charge in [0.1, 0.15) is 0 Å². The Morgan fingerprint density at radius 3 is 2.56 bits per heavy atom. The number of rotatable bonds is 4. The number of carboxylic acids is 1. The standard InChI is InChI=1S/C14H16F2O2/c1-2-14(15,16)11-6-3-5-10(9-11)13(12(17)18)7-4-8-13/h3,5-6,9H,2,4,7-8H2,1H3,(H,17,18). The fourth-order valence-electron chi connectivity index (χ4n) is 2.40. The van der Waals surface area contributed by atoms with Gasteiger partial charge in [-0.15, -0.1) is 0 Å². The fraction of sp³-hybridized carbons (Fsp3) is 0.500. The summed E-state index contributed by atoms with van der Waals surface area (Å²) in [5.41, 5.74) is -0.526. The molecule has 1 aromatic rings. The lowest BCUT2D eigenvalue weighted by Crippen LogP contribution is -2.42. The number of halogens is 2. The summed E-state index contributed by atoms with van der Waals surface area (Å²) in [6.07, 6.45) is 1.62. The molecular weight excluding hydrogens is 238 g/mol. The number of aliphatic carboxylic acids is 1. The molecule has 0 spiro atoms. The SMILES string of the molecule is CCC(F)(F)c1cccc(C2(C(=O)O)CCC2)c1. The fourth-order valence-corrected chi connectivity index (χ4v) is 2.40. The van der Waals surface area contributed by atoms with Crippen LogP contribution in [0.4, 0.5) is 8.78 Å². The Morgan fingerprint density at radius 1 is 1.44 bits per heavy atom. The molecule has 98 valence electrons. The monoisotopic (exact) mass is 254 g/mol. The smallest absolute Gasteiger partial charge is 0.314 e. The number of hydrogen-bond donors (Lipinski definition) is 1. The van der Waals surface area contributed by atoms with E-state index >= 15 is 0 Å². The molecule has 1 saturated carbocycles. The van der Waals surface area contributed by atoms with Crippen LogP contribution in [-0.4, -0.2) is 11.1 Å². The van der Waals surface area contributed by atoms with Gasteiger partial charge in [0.05, 0.1) is 5.41 Å². The van der Waals surface area contributed by atoms with E-state index in [1.54, 1.807) is 6.07 Å². The highest BCUT2D eigenvalue weighted by atomic mass is 19.3. The first-order valence-electron chi connectivity index (χ1n) is 6.14. The third-order valence-corrected chi connectivity index (χ3v) is 3.90. The van der Waals surface area contributed by atoms with Crippen molar-refractivity contribution >= 4 is 5.97 Å². The first-order valence-corrected chi connectivity index (χ1v) is 6.14. The van der Waals surface area contributed by atoms with Crippen molar-refractivity contribution in [1.82, 2.24) is 0 Å². The summed E-state index contributed by atoms with van der Waals surface area (Å²) >= 11 is 0. The van der Waals surface area contributed by atoms with Crippen molar-refractivity contribution in [2.75, 3.05) is 0 Å². The van der Waals surface area contributed by atoms with E-state index in [1.807, 2.05) is 0 Å². The molecule has 0 heterocycles. The molecule has 1 N–H and O–H groups in total. The van der Waals surface area contributed by atoms with Crippen molar-refractivity contribution in [3.63, 3.8) is 0 Å². The van der Waals surface area contributed by atoms with Gasteiger partial charge < -0.3 is 5.11 Å². The molecule has 2 rings (SSSR count). The molecule has 1 fully saturated rings. The van der Waals surface area contributed by atoms with E-state index in [1.165, 1.54) is 25.1 Å². The van der Waals surface area contributed by atoms with Crippen molar-refractivity contribution in [3.05, 3.63) is 35.4 Å². The molecule has 0 unspecified atom stereocenters. The number of benzene rings is 1. The van der Waals surface area contributed by atoms with Gasteiger partial charge >= 0.3 is 5.97 Å². The molecule has 0 amide bonds. The van der Waals surface area contributed by atoms with Crippen LogP contribution < -0.4 is 0 Å². The molecule has 4 heteroatoms. The van der Waals surface area contributed by atoms with Crippen LogP contribution in [0.1, 0.15) is 43.7 Å². The Bertz CT molecular complexity index is 465. The molecule has 0 saturated heterocycles. The molecule has 18 heavy (non-hydrogen) atoms. The average molecular weight is 254 g/mol. The van der Waals surface area contributed by atoms with Gasteiger partial charge in [-0.25, -0.2) is 8.78 Å². The van der Waals surface area contributed by atoms with E-state index in [0.717, 1.165) is 6.42 Å². The topological polar surface area (TPSA) is 37.3 Å². The summed E-state index contributed by atoms with van der Waals surface area (Å²) < 4.78 is 27.3. The van der Waals surface area contributed by atoms with Crippen molar-refractivity contribution in [1.29, 1.82) is 0 Å². The van der Waals surface area contributed by atoms with Gasteiger partial charge in [0.15, 0.2) is 0 Å². The maximum Gasteiger partial charge on any atom is 0.314 e. The lowest BCUT2D eigenvalue weighted by atomic mass is 9.64. The van der Waals surface area contributed by atoms with E-state index in [2.05, 4.69) is 0 Å². The Morgan fingerprint density at radius 2 is 2.11 bits per heavy atom. The molecule has 1 aliphatic carbocycles. The first kappa shape index (κ1) is 13.0. The average Bonchev–Trinajstić information content (AvgIpc) is 2.27. The zero-order valence-corrected chi connectivity index (χ0v) is 10.2. The van der Waals surface area contributed by atoms with Crippen LogP contribution in [0.5, 0.6) is 0 Å². The van der Waals surface area contributed by atoms with Crippen LogP contribution in [0.3, 0.4) is 0 Å². The second kappa shape index (κ2) is 4.34. The Balaban J connectivity index is 2.42. The van der Waals surface area contributed by atoms with Crippen LogP contribution in [0.15, 0.2) is 24.3 Å². The van der Waals surface area contributed by atoms with E-state index in [9.17, 15) is 18.7 Å². The van der Waals surface area contributed by atoms with Crippen molar-refractivity contribution in [2.24, 2.45) is 0 Å². The first-order chi connectivity index (χ1) is 8.42. The number of carboxylic acid groups (broad SMARTS) is 1. The second-order valence-corrected chi connectivity index (χ2v) is 4.88. The van der Waals surface area contributed by atoms with Gasteiger partial charge in [0.2, 0.25) is 0 Å². The molecule has 0 radical (unpaired) electrons. The summed E-state index contributed by atoms with van der Waals surface area (Å²) in [5.74, 6) is -3.80. The lowest BCUT2D eigenvalue weighted by molar-refractivity contribution is -0.147. The minimum atomic E-state index is -2.89. The minimum absolute atomic E-state index is 0.0879. The van der Waals surface area contributed by atoms with Gasteiger partial charge in [-0.05, 0) is 24.5 Å². The van der Waals surface area contributed by atoms with Crippen molar-refractivity contribution in [2.45, 2.75) is 43.9 Å². The maximum atomic E-state index is 13.6. The normalized spacial score (nSPS) is 18.2. The molecule has 1 aliphatic rings. The van der Waals surface area contributed by atoms with Gasteiger partial charge in [0.25, 0.3) is 5.92 Å². The Labute approximate surface area is 105 Å². The quantitative estimate of drug-likeness (QED) is 0.889. The molecule has 0 bridgehead atoms. The lowest BCUT2D eigenvalue weighted by Gasteiger charge is -2.38. The molecule has 0 aliphatic heterocycles. The molecular formula is C14H16F2O2. The van der Waals surface area contributed by atoms with Crippen LogP contribution in [0, 0.1) is 0 Å². The van der Waals surface area contributed by atoms with Crippen molar-refractivity contribution in [3.8, 4) is 0 Å². The highest BCUT2D eigenvalue weighted by molar-refractivity contribution is 5.82. The van der Waals surface area contributed by atoms with E-state index in [0.29, 0.717) is 18.4 Å². The number of alkyl halides is 2. The Kier molecular flexibility index (Phi) is 3.13. The molecule has 1 aromatic carbocycles. The predicted molar refractivity (Wildman–Crippen MR) is 63.8 cm³/mol. The minimum Gasteiger partial charge on any atom is -0.481 e. The van der Waals surface area contributed by atoms with Crippen LogP contribution in [-0.2, 0) is 16.1 Å². The van der Waals surface area contributed by atoms with E-state index < -0.39 is 17.3 Å². The largest absolute Gasteiger partial charge is 0.481 e. The summed E-state index contributed by atoms with van der Waals surface area (Å²) in [4.78, 5) is 11.3. The Hall–Kier alpha value is -1.45. The summed E-state index contributed by atoms with van der Waals surface area (Å²) in [6.45, 7) is 1.42. The van der Waals surface area contributed by atoms with Crippen molar-refractivity contribution < 1.29 is 18.7 Å². The van der Waals surface area contributed by atoms with Crippen LogP contribution >= 0.6 is 0 Å². The van der Waals surface area contributed by atoms with Crippen LogP contribution in [0.2, 0.25) is 0 Å². The molecule has 0 atom stereocenters. The third-order valence-electron chi connectivity index (χ3n) is 3.90. The highest BCUT2D eigenvalue weighted by Crippen LogP contribution is 2.45.